The molecule has 0 radical (unpaired) electrons. The van der Waals surface area contributed by atoms with Gasteiger partial charge in [0.2, 0.25) is 24.5 Å². The molecule has 270 valence electrons. The Labute approximate surface area is 293 Å². The lowest BCUT2D eigenvalue weighted by Crippen LogP contribution is -2.71. The Hall–Kier alpha value is -3.61. The number of rotatable bonds is 11. The summed E-state index contributed by atoms with van der Waals surface area (Å²) in [4.78, 5) is 78.5. The van der Waals surface area contributed by atoms with Gasteiger partial charge in [0.25, 0.3) is 0 Å². The number of ether oxygens (including phenoxy) is 3. The average molecular weight is 746 g/mol. The van der Waals surface area contributed by atoms with E-state index in [1.165, 1.54) is 54.8 Å². The number of thioether (sulfide) groups is 1. The number of halogens is 1. The van der Waals surface area contributed by atoms with Crippen LogP contribution >= 0.6 is 24.2 Å². The molecule has 0 saturated carbocycles. The molecule has 0 bridgehead atoms. The number of nitrogens with two attached hydrogens (primary N) is 1. The highest BCUT2D eigenvalue weighted by molar-refractivity contribution is 8.01. The molecule has 0 aromatic heterocycles. The lowest BCUT2D eigenvalue weighted by Gasteiger charge is -2.44. The molecule has 4 aliphatic rings. The molecule has 0 spiro atoms. The predicted molar refractivity (Wildman–Crippen MR) is 177 cm³/mol. The van der Waals surface area contributed by atoms with Crippen LogP contribution in [0.2, 0.25) is 0 Å². The Morgan fingerprint density at radius 2 is 1.63 bits per heavy atom. The summed E-state index contributed by atoms with van der Waals surface area (Å²) in [5.41, 5.74) is 6.57. The number of fused-ring (bicyclic) bond motifs is 2. The first-order valence-electron chi connectivity index (χ1n) is 15.4. The minimum atomic E-state index is -3.83. The Morgan fingerprint density at radius 1 is 1.02 bits per heavy atom. The molecule has 4 N–H and O–H groups in total. The van der Waals surface area contributed by atoms with E-state index in [0.29, 0.717) is 12.1 Å². The van der Waals surface area contributed by atoms with Gasteiger partial charge in [-0.1, -0.05) is 25.5 Å². The molecule has 4 fully saturated rings. The van der Waals surface area contributed by atoms with Crippen molar-refractivity contribution in [3.8, 4) is 5.75 Å². The zero-order valence-corrected chi connectivity index (χ0v) is 29.9. The van der Waals surface area contributed by atoms with E-state index >= 15 is 0 Å². The first kappa shape index (κ1) is 38.2. The lowest BCUT2D eigenvalue weighted by molar-refractivity contribution is -0.181. The normalized spacial score (nSPS) is 27.3. The number of carbonyl (C=O) groups is 6. The number of unbranched alkanes of at least 4 members (excludes halogenated alkanes) is 1. The molecule has 4 amide bonds. The smallest absolute Gasteiger partial charge is 0.412 e. The summed E-state index contributed by atoms with van der Waals surface area (Å²) in [6.07, 6.45) is 0.934. The number of benzene rings is 1. The zero-order valence-electron chi connectivity index (χ0n) is 27.5. The number of carbonyl (C=O) groups excluding carboxylic acids is 6. The molecule has 6 atom stereocenters. The summed E-state index contributed by atoms with van der Waals surface area (Å²) in [6, 6.07) is 1.48. The highest BCUT2D eigenvalue weighted by atomic mass is 35.5. The maximum absolute atomic E-state index is 13.2. The predicted octanol–water partition coefficient (Wildman–Crippen LogP) is 0.722. The molecule has 16 nitrogen and oxygen atoms in total. The molecule has 1 aromatic carbocycles. The Bertz CT molecular complexity index is 1640. The maximum Gasteiger partial charge on any atom is 0.412 e. The fraction of sp³-hybridized carbons (Fsp3) is 0.600. The van der Waals surface area contributed by atoms with Crippen molar-refractivity contribution in [1.82, 2.24) is 20.4 Å². The van der Waals surface area contributed by atoms with Crippen LogP contribution in [0.3, 0.4) is 0 Å². The molecule has 4 saturated heterocycles. The van der Waals surface area contributed by atoms with Gasteiger partial charge in [-0.2, -0.15) is 0 Å². The first-order chi connectivity index (χ1) is 22.4. The van der Waals surface area contributed by atoms with E-state index in [4.69, 9.17) is 19.9 Å². The lowest BCUT2D eigenvalue weighted by atomic mass is 9.95. The largest absolute Gasteiger partial charge is 0.426 e. The summed E-state index contributed by atoms with van der Waals surface area (Å²) in [6.45, 7) is 7.75. The molecular formula is C30H40ClN5O11S2. The fourth-order valence-electron chi connectivity index (χ4n) is 6.29. The number of nitrogens with zero attached hydrogens (tertiary/aromatic N) is 2. The van der Waals surface area contributed by atoms with Crippen LogP contribution in [0.25, 0.3) is 0 Å². The number of sulfone groups is 1. The van der Waals surface area contributed by atoms with Crippen molar-refractivity contribution in [2.24, 2.45) is 5.73 Å². The van der Waals surface area contributed by atoms with Crippen molar-refractivity contribution in [2.45, 2.75) is 98.3 Å². The molecule has 49 heavy (non-hydrogen) atoms. The van der Waals surface area contributed by atoms with Crippen LogP contribution in [0, 0.1) is 0 Å². The fourth-order valence-corrected chi connectivity index (χ4v) is 10.0. The van der Waals surface area contributed by atoms with E-state index < -0.39 is 96.8 Å². The molecule has 1 unspecified atom stereocenters. The highest BCUT2D eigenvalue weighted by Crippen LogP contribution is 2.51. The molecule has 1 aromatic rings. The van der Waals surface area contributed by atoms with E-state index in [1.54, 1.807) is 13.8 Å². The van der Waals surface area contributed by atoms with Gasteiger partial charge in [0.1, 0.15) is 40.7 Å². The highest BCUT2D eigenvalue weighted by Gasteiger charge is 2.68. The van der Waals surface area contributed by atoms with E-state index in [2.05, 4.69) is 10.6 Å². The van der Waals surface area contributed by atoms with Crippen LogP contribution in [-0.2, 0) is 43.3 Å². The zero-order chi connectivity index (χ0) is 35.3. The van der Waals surface area contributed by atoms with Gasteiger partial charge in [-0.25, -0.2) is 22.8 Å². The van der Waals surface area contributed by atoms with Crippen molar-refractivity contribution in [3.63, 3.8) is 0 Å². The molecule has 19 heteroatoms. The third-order valence-corrected chi connectivity index (χ3v) is 13.5. The van der Waals surface area contributed by atoms with E-state index in [0.717, 1.165) is 17.7 Å². The van der Waals surface area contributed by atoms with Gasteiger partial charge in [-0.15, -0.1) is 24.2 Å². The molecule has 4 heterocycles. The third-order valence-electron chi connectivity index (χ3n) is 9.10. The molecule has 0 aliphatic carbocycles. The van der Waals surface area contributed by atoms with Crippen molar-refractivity contribution >= 4 is 69.8 Å². The number of hydrogen-bond donors (Lipinski definition) is 3. The minimum absolute atomic E-state index is 0. The van der Waals surface area contributed by atoms with Crippen molar-refractivity contribution in [3.05, 3.63) is 29.8 Å². The van der Waals surface area contributed by atoms with Crippen LogP contribution in [0.15, 0.2) is 24.3 Å². The van der Waals surface area contributed by atoms with Crippen molar-refractivity contribution in [1.29, 1.82) is 0 Å². The summed E-state index contributed by atoms with van der Waals surface area (Å²) >= 11 is 1.27. The minimum Gasteiger partial charge on any atom is -0.426 e. The Kier molecular flexibility index (Phi) is 10.9. The summed E-state index contributed by atoms with van der Waals surface area (Å²) in [7, 11) is -3.83. The van der Waals surface area contributed by atoms with Crippen molar-refractivity contribution < 1.29 is 51.4 Å². The van der Waals surface area contributed by atoms with Crippen molar-refractivity contribution in [2.75, 3.05) is 13.3 Å². The Balaban J connectivity index is 0.00000541. The van der Waals surface area contributed by atoms with E-state index in [1.807, 2.05) is 6.92 Å². The average Bonchev–Trinajstić information content (AvgIpc) is 3.34. The Morgan fingerprint density at radius 3 is 2.22 bits per heavy atom. The maximum atomic E-state index is 13.2. The van der Waals surface area contributed by atoms with Crippen LogP contribution in [-0.4, -0.2) is 106 Å². The summed E-state index contributed by atoms with van der Waals surface area (Å²) < 4.78 is 38.6. The second kappa shape index (κ2) is 14.0. The standard InChI is InChI=1S/C30H39N5O11S2.ClH/c1-6-7-12-32-28(41)46-16-10-8-15(9-11-16)19(31)23(37)33-20-24(38)35-21(29(2,3)47-25(20)35)26(39)44-14-45-27(40)22-30(4,5)48(42,43)18-13-17(36)34(18)22;/h8-11,18-22,25H,6-7,12-14,31H2,1-5H3,(H,32,41)(H,33,37);1H/t18-,19?,20-,21+,22+,25-;/m1./s1. The van der Waals surface area contributed by atoms with Crippen LogP contribution < -0.4 is 21.1 Å². The first-order valence-corrected chi connectivity index (χ1v) is 17.9. The summed E-state index contributed by atoms with van der Waals surface area (Å²) in [5.74, 6) is -3.29. The monoisotopic (exact) mass is 745 g/mol. The number of nitrogens with one attached hydrogen (secondary N) is 2. The SMILES string of the molecule is CCCCNC(=O)Oc1ccc(C(N)C(=O)N[C@@H]2C(=O)N3[C@@H]2SC(C)(C)[C@@H]3C(=O)OCOC(=O)[C@@H]2N3C(=O)C[C@H]3S(=O)(=O)C2(C)C)cc1.Cl. The van der Waals surface area contributed by atoms with Gasteiger partial charge in [0.05, 0.1) is 11.2 Å². The van der Waals surface area contributed by atoms with Gasteiger partial charge in [-0.05, 0) is 51.8 Å². The third kappa shape index (κ3) is 6.67. The number of amides is 4. The summed E-state index contributed by atoms with van der Waals surface area (Å²) in [5, 5.41) is 3.58. The van der Waals surface area contributed by atoms with Gasteiger partial charge >= 0.3 is 18.0 Å². The second-order valence-electron chi connectivity index (χ2n) is 13.0. The number of β-lactam (4-membered cyclic amide) rings is 2. The van der Waals surface area contributed by atoms with Crippen LogP contribution in [0.1, 0.15) is 65.5 Å². The van der Waals surface area contributed by atoms with E-state index in [-0.39, 0.29) is 24.6 Å². The van der Waals surface area contributed by atoms with Gasteiger partial charge < -0.3 is 40.4 Å². The van der Waals surface area contributed by atoms with Crippen LogP contribution in [0.5, 0.6) is 5.75 Å². The molecule has 4 aliphatic heterocycles. The van der Waals surface area contributed by atoms with E-state index in [9.17, 15) is 37.2 Å². The van der Waals surface area contributed by atoms with Gasteiger partial charge in [0.15, 0.2) is 9.84 Å². The second-order valence-corrected chi connectivity index (χ2v) is 17.5. The molecule has 5 rings (SSSR count). The number of esters is 2. The molecular weight excluding hydrogens is 706 g/mol. The van der Waals surface area contributed by atoms with Gasteiger partial charge in [0, 0.05) is 11.3 Å². The van der Waals surface area contributed by atoms with Gasteiger partial charge in [-0.3, -0.25) is 14.4 Å². The quantitative estimate of drug-likeness (QED) is 0.123. The topological polar surface area (TPSA) is 221 Å². The number of hydrogen-bond acceptors (Lipinski definition) is 13. The van der Waals surface area contributed by atoms with Crippen LogP contribution in [0.4, 0.5) is 4.79 Å².